The number of amides is 2. The van der Waals surface area contributed by atoms with Gasteiger partial charge in [-0.2, -0.15) is 0 Å². The molecule has 5 aromatic carbocycles. The van der Waals surface area contributed by atoms with E-state index in [-0.39, 0.29) is 94.2 Å². The third-order valence-corrected chi connectivity index (χ3v) is 17.2. The fourth-order valence-corrected chi connectivity index (χ4v) is 9.22. The van der Waals surface area contributed by atoms with Crippen LogP contribution in [0.25, 0.3) is 0 Å². The molecule has 37 heteroatoms. The summed E-state index contributed by atoms with van der Waals surface area (Å²) in [5.41, 5.74) is -4.21. The second kappa shape index (κ2) is 33.9. The zero-order chi connectivity index (χ0) is 74.3. The Bertz CT molecular complexity index is 3760. The van der Waals surface area contributed by atoms with E-state index in [4.69, 9.17) is 61.8 Å². The maximum Gasteiger partial charge on any atom is 1.00 e. The Balaban J connectivity index is 0.000000323. The maximum absolute atomic E-state index is 15.0. The minimum Gasteiger partial charge on any atom is -0.480 e. The average Bonchev–Trinajstić information content (AvgIpc) is 1.64. The Hall–Kier alpha value is -5.87. The van der Waals surface area contributed by atoms with E-state index in [0.29, 0.717) is 17.1 Å². The summed E-state index contributed by atoms with van der Waals surface area (Å²) in [7, 11) is -6.82. The van der Waals surface area contributed by atoms with Crippen molar-refractivity contribution in [2.75, 3.05) is 0 Å². The second-order valence-electron chi connectivity index (χ2n) is 25.8. The summed E-state index contributed by atoms with van der Waals surface area (Å²) >= 11 is -5.94. The van der Waals surface area contributed by atoms with Gasteiger partial charge < -0.3 is 68.9 Å². The number of ketones is 3. The largest absolute Gasteiger partial charge is 1.00 e. The van der Waals surface area contributed by atoms with E-state index in [1.165, 1.54) is 37.3 Å². The van der Waals surface area contributed by atoms with E-state index in [2.05, 4.69) is 10.6 Å². The summed E-state index contributed by atoms with van der Waals surface area (Å²) in [5.74, 6) is -10.0. The van der Waals surface area contributed by atoms with Gasteiger partial charge in [0.05, 0.1) is 33.6 Å². The predicted molar refractivity (Wildman–Crippen MR) is 334 cm³/mol. The SMILES string of the molecule is CC(=O)c1ccc(B2OC(C)(C)C(C)(C)O2)c(F)c1.CC1(C)OB(c2ccc(C(=O)CC[C@H](NC(=O)c3ccc(B4OC(C)(C)C(C)(C)O4)c(F)c3)C(=O)O)cc2F)OC1(C)C.O=C(CC[C@H](NC(=O)c1ccc(B(O)O)c(F)c1)C(=O)O)c1ccc(B(O)O)c(F)c1.[Na+].[O-][I+3]([O-])([O-])[O-]. The van der Waals surface area contributed by atoms with Crippen LogP contribution in [0.5, 0.6) is 0 Å². The number of benzene rings is 5. The Morgan fingerprint density at radius 2 is 0.667 bits per heavy atom. The smallest absolute Gasteiger partial charge is 0.480 e. The van der Waals surface area contributed by atoms with Crippen LogP contribution in [0.2, 0.25) is 0 Å². The van der Waals surface area contributed by atoms with Gasteiger partial charge in [0.15, 0.2) is 17.3 Å². The molecule has 8 rings (SSSR count). The molecule has 0 bridgehead atoms. The third-order valence-electron chi connectivity index (χ3n) is 17.2. The number of aliphatic carboxylic acids is 2. The Kier molecular flexibility index (Phi) is 29.3. The minimum atomic E-state index is -5.94. The first-order chi connectivity index (χ1) is 44.9. The molecule has 0 aliphatic carbocycles. The molecular weight excluding hydrogens is 1440 g/mol. The molecule has 0 radical (unpaired) electrons. The monoisotopic (exact) mass is 1510 g/mol. The van der Waals surface area contributed by atoms with E-state index in [0.717, 1.165) is 42.5 Å². The number of carbonyl (C=O) groups excluding carboxylic acids is 5. The number of rotatable bonds is 20. The maximum atomic E-state index is 15.0. The Labute approximate surface area is 597 Å². The van der Waals surface area contributed by atoms with Crippen LogP contribution in [0.1, 0.15) is 167 Å². The van der Waals surface area contributed by atoms with Crippen molar-refractivity contribution in [3.8, 4) is 0 Å². The van der Waals surface area contributed by atoms with Gasteiger partial charge in [0.2, 0.25) is 0 Å². The van der Waals surface area contributed by atoms with Gasteiger partial charge in [0.1, 0.15) is 61.3 Å². The van der Waals surface area contributed by atoms with Crippen molar-refractivity contribution in [1.29, 1.82) is 0 Å². The number of hydrogen-bond donors (Lipinski definition) is 8. The summed E-state index contributed by atoms with van der Waals surface area (Å²) in [5, 5.41) is 59.3. The zero-order valence-electron chi connectivity index (χ0n) is 56.4. The first-order valence-corrected chi connectivity index (χ1v) is 33.4. The first-order valence-electron chi connectivity index (χ1n) is 29.9. The number of halogens is 6. The van der Waals surface area contributed by atoms with E-state index >= 15 is 0 Å². The van der Waals surface area contributed by atoms with Gasteiger partial charge in [-0.1, -0.05) is 48.5 Å². The zero-order valence-corrected chi connectivity index (χ0v) is 60.6. The van der Waals surface area contributed by atoms with Gasteiger partial charge in [0.25, 0.3) is 11.8 Å². The van der Waals surface area contributed by atoms with Crippen LogP contribution >= 0.6 is 0 Å². The third kappa shape index (κ3) is 22.6. The predicted octanol–water partition coefficient (Wildman–Crippen LogP) is -6.84. The molecule has 99 heavy (non-hydrogen) atoms. The summed E-state index contributed by atoms with van der Waals surface area (Å²) in [4.78, 5) is 84.5. The van der Waals surface area contributed by atoms with E-state index in [1.54, 1.807) is 12.1 Å². The fourth-order valence-electron chi connectivity index (χ4n) is 9.22. The molecule has 5 aromatic rings. The molecule has 0 aromatic heterocycles. The summed E-state index contributed by atoms with van der Waals surface area (Å²) in [6.07, 6.45) is -1.31. The van der Waals surface area contributed by atoms with Crippen molar-refractivity contribution in [3.05, 3.63) is 148 Å². The number of carboxylic acid groups (broad SMARTS) is 2. The van der Waals surface area contributed by atoms with E-state index in [9.17, 15) is 65.7 Å². The molecule has 3 saturated heterocycles. The molecular formula is C62H72B5F5IN2NaO23. The van der Waals surface area contributed by atoms with Gasteiger partial charge >= 0.3 is 77.1 Å². The topological polar surface area (TPSA) is 413 Å². The number of carbonyl (C=O) groups is 7. The van der Waals surface area contributed by atoms with Crippen molar-refractivity contribution in [3.63, 3.8) is 0 Å². The van der Waals surface area contributed by atoms with Crippen molar-refractivity contribution in [1.82, 2.24) is 10.6 Å². The van der Waals surface area contributed by atoms with Crippen molar-refractivity contribution >= 4 is 104 Å². The molecule has 3 fully saturated rings. The normalized spacial score (nSPS) is 17.1. The van der Waals surface area contributed by atoms with Crippen molar-refractivity contribution < 1.29 is 177 Å². The molecule has 25 nitrogen and oxygen atoms in total. The van der Waals surface area contributed by atoms with Crippen LogP contribution < -0.4 is 101 Å². The molecule has 3 aliphatic heterocycles. The quantitative estimate of drug-likeness (QED) is 0.0155. The Morgan fingerprint density at radius 1 is 0.434 bits per heavy atom. The molecule has 2 amide bonds. The molecule has 3 aliphatic rings. The average molecular weight is 1510 g/mol. The van der Waals surface area contributed by atoms with Crippen LogP contribution in [0, 0.1) is 29.1 Å². The van der Waals surface area contributed by atoms with Crippen molar-refractivity contribution in [2.45, 2.75) is 161 Å². The second-order valence-corrected chi connectivity index (χ2v) is 27.9. The van der Waals surface area contributed by atoms with Gasteiger partial charge in [-0.05, 0) is 145 Å². The van der Waals surface area contributed by atoms with Gasteiger partial charge in [-0.3, -0.25) is 37.7 Å². The van der Waals surface area contributed by atoms with Crippen LogP contribution in [0.4, 0.5) is 22.0 Å². The van der Waals surface area contributed by atoms with Gasteiger partial charge in [-0.15, -0.1) is 0 Å². The number of Topliss-reactive ketones (excluding diaryl/α,β-unsaturated/α-hetero) is 3. The number of carboxylic acids is 2. The van der Waals surface area contributed by atoms with Crippen LogP contribution in [-0.2, 0) is 37.5 Å². The summed E-state index contributed by atoms with van der Waals surface area (Å²) in [6, 6.07) is 14.6. The molecule has 0 saturated carbocycles. The number of hydrogen-bond acceptors (Lipinski definition) is 21. The van der Waals surface area contributed by atoms with Crippen LogP contribution in [0.15, 0.2) is 91.0 Å². The summed E-state index contributed by atoms with van der Waals surface area (Å²) in [6.45, 7) is 23.7. The molecule has 0 spiro atoms. The molecule has 3 heterocycles. The number of nitrogens with one attached hydrogen (secondary N) is 2. The standard InChI is InChI=1S/C30H37B2F2NO8.C18H17B2F2NO8.C14H18BFO3.IO4.Na/c1-27(2)28(3,4)41-31(40-27)19-11-9-17(15-21(19)33)24(36)14-13-23(26(38)39)35-25(37)18-10-12-20(22(34)16-18)32-42-29(5,6)30(7,8)43-32;21-13-7-9(1-3-11(13)19(28)29)16(24)6-5-15(18(26)27)23-17(25)10-2-4-12(20(30)31)14(22)8-10;1-9(17)10-6-7-11(12(16)8-10)15-18-13(2,3)14(4,5)19-15;2-1(3,4)5;/h9-12,15-16,23H,13-14H2,1-8H3,(H,35,37)(H,38,39);1-4,7-8,15,28-31H,5-6H2,(H,23,25)(H,26,27);6-8H,1-5H3;;/q;;;-1;+1/t23-;15-;;;/m00.../s1. The molecule has 2 atom stereocenters. The van der Waals surface area contributed by atoms with Crippen LogP contribution in [0.3, 0.4) is 0 Å². The first kappa shape index (κ1) is 85.5. The minimum absolute atomic E-state index is 0. The van der Waals surface area contributed by atoms with Gasteiger partial charge in [-0.25, -0.2) is 31.5 Å². The van der Waals surface area contributed by atoms with Crippen LogP contribution in [-0.4, -0.2) is 153 Å². The van der Waals surface area contributed by atoms with E-state index < -0.39 is 177 Å². The van der Waals surface area contributed by atoms with E-state index in [1.807, 2.05) is 83.1 Å². The summed E-state index contributed by atoms with van der Waals surface area (Å²) < 4.78 is 141. The van der Waals surface area contributed by atoms with Crippen molar-refractivity contribution in [2.24, 2.45) is 0 Å². The van der Waals surface area contributed by atoms with Gasteiger partial charge in [0, 0.05) is 68.0 Å². The molecule has 0 unspecified atom stereocenters. The fraction of sp³-hybridized carbons (Fsp3) is 0.403. The Morgan fingerprint density at radius 3 is 0.929 bits per heavy atom. The molecule has 8 N–H and O–H groups in total. The molecule has 526 valence electrons.